The lowest BCUT2D eigenvalue weighted by Crippen LogP contribution is -2.27. The third-order valence-electron chi connectivity index (χ3n) is 5.60. The Morgan fingerprint density at radius 3 is 1.83 bits per heavy atom. The quantitative estimate of drug-likeness (QED) is 0.687. The molecule has 2 rings (SSSR count). The maximum absolute atomic E-state index is 11.4. The van der Waals surface area contributed by atoms with E-state index >= 15 is 0 Å². The predicted molar refractivity (Wildman–Crippen MR) is 76.5 cm³/mol. The summed E-state index contributed by atoms with van der Waals surface area (Å²) in [4.78, 5) is 11.4. The maximum Gasteiger partial charge on any atom is 0.132 e. The normalized spacial score (nSPS) is 37.4. The summed E-state index contributed by atoms with van der Waals surface area (Å²) in [6, 6.07) is 0. The van der Waals surface area contributed by atoms with Gasteiger partial charge in [0, 0.05) is 5.92 Å². The first-order chi connectivity index (χ1) is 8.70. The second-order valence-corrected chi connectivity index (χ2v) is 6.79. The molecule has 0 aromatic carbocycles. The molecule has 2 saturated carbocycles. The molecule has 0 unspecified atom stereocenters. The highest BCUT2D eigenvalue weighted by Gasteiger charge is 2.31. The summed E-state index contributed by atoms with van der Waals surface area (Å²) in [5, 5.41) is 0. The van der Waals surface area contributed by atoms with Crippen molar-refractivity contribution in [1.82, 2.24) is 0 Å². The van der Waals surface area contributed by atoms with Gasteiger partial charge in [0.05, 0.1) is 0 Å². The third kappa shape index (κ3) is 3.59. The fourth-order valence-electron chi connectivity index (χ4n) is 4.35. The van der Waals surface area contributed by atoms with Crippen molar-refractivity contribution < 1.29 is 4.79 Å². The predicted octanol–water partition coefficient (Wildman–Crippen LogP) is 4.99. The van der Waals surface area contributed by atoms with Crippen molar-refractivity contribution >= 4 is 5.78 Å². The second kappa shape index (κ2) is 6.73. The van der Waals surface area contributed by atoms with Gasteiger partial charge in [-0.3, -0.25) is 4.79 Å². The van der Waals surface area contributed by atoms with E-state index in [1.807, 2.05) is 0 Å². The number of Topliss-reactive ketones (excluding diaryl/α,β-unsaturated/α-hetero) is 1. The third-order valence-corrected chi connectivity index (χ3v) is 5.60. The molecule has 0 aliphatic heterocycles. The lowest BCUT2D eigenvalue weighted by atomic mass is 9.68. The molecule has 18 heavy (non-hydrogen) atoms. The van der Waals surface area contributed by atoms with Crippen molar-refractivity contribution in [3.8, 4) is 0 Å². The Hall–Kier alpha value is -0.330. The van der Waals surface area contributed by atoms with Gasteiger partial charge in [0.15, 0.2) is 0 Å². The van der Waals surface area contributed by atoms with E-state index in [4.69, 9.17) is 0 Å². The fourth-order valence-corrected chi connectivity index (χ4v) is 4.35. The summed E-state index contributed by atoms with van der Waals surface area (Å²) in [5.74, 6) is 3.80. The topological polar surface area (TPSA) is 17.1 Å². The van der Waals surface area contributed by atoms with Crippen LogP contribution in [0.25, 0.3) is 0 Å². The Balaban J connectivity index is 1.73. The van der Waals surface area contributed by atoms with E-state index in [0.717, 1.165) is 17.8 Å². The van der Waals surface area contributed by atoms with Crippen LogP contribution in [0.4, 0.5) is 0 Å². The van der Waals surface area contributed by atoms with Crippen LogP contribution in [0.3, 0.4) is 0 Å². The van der Waals surface area contributed by atoms with Crippen LogP contribution in [0.1, 0.15) is 78.1 Å². The molecule has 2 fully saturated rings. The summed E-state index contributed by atoms with van der Waals surface area (Å²) in [5.41, 5.74) is 0. The summed E-state index contributed by atoms with van der Waals surface area (Å²) in [6.45, 7) is 4.09. The monoisotopic (exact) mass is 250 g/mol. The van der Waals surface area contributed by atoms with E-state index in [-0.39, 0.29) is 0 Å². The van der Waals surface area contributed by atoms with E-state index in [2.05, 4.69) is 6.92 Å². The van der Waals surface area contributed by atoms with Crippen molar-refractivity contribution in [1.29, 1.82) is 0 Å². The number of carbonyl (C=O) groups is 1. The zero-order chi connectivity index (χ0) is 13.0. The van der Waals surface area contributed by atoms with E-state index in [9.17, 15) is 4.79 Å². The number of hydrogen-bond donors (Lipinski definition) is 0. The molecule has 1 heteroatoms. The van der Waals surface area contributed by atoms with Crippen LogP contribution in [0.2, 0.25) is 0 Å². The van der Waals surface area contributed by atoms with Crippen molar-refractivity contribution in [3.63, 3.8) is 0 Å². The second-order valence-electron chi connectivity index (χ2n) is 6.79. The summed E-state index contributed by atoms with van der Waals surface area (Å²) >= 11 is 0. The van der Waals surface area contributed by atoms with Gasteiger partial charge < -0.3 is 0 Å². The Morgan fingerprint density at radius 1 is 0.889 bits per heavy atom. The number of hydrogen-bond acceptors (Lipinski definition) is 1. The molecule has 1 nitrogen and oxygen atoms in total. The Bertz CT molecular complexity index is 255. The van der Waals surface area contributed by atoms with Crippen LogP contribution in [0, 0.1) is 23.7 Å². The molecule has 0 atom stereocenters. The fraction of sp³-hybridized carbons (Fsp3) is 0.941. The zero-order valence-electron chi connectivity index (χ0n) is 12.3. The van der Waals surface area contributed by atoms with Gasteiger partial charge in [0.1, 0.15) is 5.78 Å². The Morgan fingerprint density at radius 2 is 1.39 bits per heavy atom. The molecule has 0 heterocycles. The van der Waals surface area contributed by atoms with Crippen LogP contribution < -0.4 is 0 Å². The van der Waals surface area contributed by atoms with Gasteiger partial charge in [-0.25, -0.2) is 0 Å². The summed E-state index contributed by atoms with van der Waals surface area (Å²) in [7, 11) is 0. The molecule has 0 amide bonds. The van der Waals surface area contributed by atoms with Crippen molar-refractivity contribution in [3.05, 3.63) is 0 Å². The molecule has 0 saturated heterocycles. The van der Waals surface area contributed by atoms with Crippen LogP contribution in [0.15, 0.2) is 0 Å². The Kier molecular flexibility index (Phi) is 5.26. The zero-order valence-corrected chi connectivity index (χ0v) is 12.3. The molecule has 2 aliphatic rings. The van der Waals surface area contributed by atoms with Gasteiger partial charge in [-0.1, -0.05) is 32.6 Å². The minimum Gasteiger partial charge on any atom is -0.300 e. The molecular weight excluding hydrogens is 220 g/mol. The van der Waals surface area contributed by atoms with Gasteiger partial charge in [0.25, 0.3) is 0 Å². The van der Waals surface area contributed by atoms with Gasteiger partial charge in [0.2, 0.25) is 0 Å². The molecule has 2 aliphatic carbocycles. The minimum absolute atomic E-state index is 0.401. The van der Waals surface area contributed by atoms with Crippen LogP contribution in [-0.4, -0.2) is 5.78 Å². The van der Waals surface area contributed by atoms with Gasteiger partial charge >= 0.3 is 0 Å². The molecule has 0 aromatic heterocycles. The lowest BCUT2D eigenvalue weighted by Gasteiger charge is -2.37. The van der Waals surface area contributed by atoms with Crippen LogP contribution in [-0.2, 0) is 4.79 Å². The first kappa shape index (κ1) is 14.1. The van der Waals surface area contributed by atoms with Crippen molar-refractivity contribution in [2.45, 2.75) is 78.1 Å². The average Bonchev–Trinajstić information content (AvgIpc) is 2.40. The largest absolute Gasteiger partial charge is 0.300 e. The standard InChI is InChI=1S/C17H30O/c1-3-4-14-5-7-16(8-6-14)17-11-9-15(10-12-17)13(2)18/h14-17H,3-12H2,1-2H3. The van der Waals surface area contributed by atoms with Crippen LogP contribution >= 0.6 is 0 Å². The molecule has 0 bridgehead atoms. The number of ketones is 1. The highest BCUT2D eigenvalue weighted by Crippen LogP contribution is 2.42. The van der Waals surface area contributed by atoms with Crippen LogP contribution in [0.5, 0.6) is 0 Å². The number of carbonyl (C=O) groups excluding carboxylic acids is 1. The van der Waals surface area contributed by atoms with Gasteiger partial charge in [-0.05, 0) is 63.2 Å². The molecule has 0 N–H and O–H groups in total. The SMILES string of the molecule is CCCC1CCC(C2CCC(C(C)=O)CC2)CC1. The molecule has 0 spiro atoms. The summed E-state index contributed by atoms with van der Waals surface area (Å²) < 4.78 is 0. The Labute approximate surface area is 113 Å². The lowest BCUT2D eigenvalue weighted by molar-refractivity contribution is -0.122. The minimum atomic E-state index is 0.401. The van der Waals surface area contributed by atoms with Gasteiger partial charge in [-0.2, -0.15) is 0 Å². The van der Waals surface area contributed by atoms with Crippen molar-refractivity contribution in [2.24, 2.45) is 23.7 Å². The molecule has 104 valence electrons. The van der Waals surface area contributed by atoms with Gasteiger partial charge in [-0.15, -0.1) is 0 Å². The first-order valence-corrected chi connectivity index (χ1v) is 8.21. The molecule has 0 aromatic rings. The smallest absolute Gasteiger partial charge is 0.132 e. The van der Waals surface area contributed by atoms with E-state index in [1.54, 1.807) is 6.92 Å². The van der Waals surface area contributed by atoms with Crippen molar-refractivity contribution in [2.75, 3.05) is 0 Å². The first-order valence-electron chi connectivity index (χ1n) is 8.21. The van der Waals surface area contributed by atoms with E-state index < -0.39 is 0 Å². The average molecular weight is 250 g/mol. The van der Waals surface area contributed by atoms with E-state index in [1.165, 1.54) is 64.2 Å². The molecule has 0 radical (unpaired) electrons. The highest BCUT2D eigenvalue weighted by molar-refractivity contribution is 5.78. The highest BCUT2D eigenvalue weighted by atomic mass is 16.1. The molecular formula is C17H30O. The summed E-state index contributed by atoms with van der Waals surface area (Å²) in [6.07, 6.45) is 13.7. The van der Waals surface area contributed by atoms with E-state index in [0.29, 0.717) is 11.7 Å². The number of rotatable bonds is 4. The maximum atomic E-state index is 11.4.